The maximum atomic E-state index is 10.8. The first-order valence-electron chi connectivity index (χ1n) is 7.75. The fourth-order valence-corrected chi connectivity index (χ4v) is 3.01. The van der Waals surface area contributed by atoms with Gasteiger partial charge in [-0.3, -0.25) is 4.79 Å². The number of allylic oxidation sites excluding steroid dienone is 1. The Morgan fingerprint density at radius 3 is 2.32 bits per heavy atom. The quantitative estimate of drug-likeness (QED) is 0.509. The number of rotatable bonds is 5. The predicted molar refractivity (Wildman–Crippen MR) is 94.5 cm³/mol. The largest absolute Gasteiger partial charge is 0.298 e. The van der Waals surface area contributed by atoms with Crippen LogP contribution in [-0.4, -0.2) is 6.29 Å². The van der Waals surface area contributed by atoms with E-state index in [1.165, 1.54) is 22.3 Å². The molecule has 0 saturated heterocycles. The van der Waals surface area contributed by atoms with E-state index in [1.54, 1.807) is 0 Å². The molecule has 0 spiro atoms. The summed E-state index contributed by atoms with van der Waals surface area (Å²) in [5, 5.41) is 0. The molecule has 0 aliphatic rings. The Morgan fingerprint density at radius 2 is 1.82 bits per heavy atom. The molecule has 0 heterocycles. The Labute approximate surface area is 133 Å². The van der Waals surface area contributed by atoms with E-state index >= 15 is 0 Å². The zero-order chi connectivity index (χ0) is 16.3. The van der Waals surface area contributed by atoms with Gasteiger partial charge < -0.3 is 0 Å². The van der Waals surface area contributed by atoms with E-state index in [4.69, 9.17) is 0 Å². The van der Waals surface area contributed by atoms with Gasteiger partial charge in [0.15, 0.2) is 0 Å². The third kappa shape index (κ3) is 2.76. The van der Waals surface area contributed by atoms with Crippen molar-refractivity contribution in [2.24, 2.45) is 0 Å². The van der Waals surface area contributed by atoms with Crippen LogP contribution in [0.1, 0.15) is 48.7 Å². The minimum atomic E-state index is -0.0111. The number of hydrogen-bond donors (Lipinski definition) is 0. The molecular weight excluding hydrogens is 268 g/mol. The molecule has 2 rings (SSSR count). The van der Waals surface area contributed by atoms with Gasteiger partial charge in [-0.2, -0.15) is 0 Å². The molecule has 114 valence electrons. The van der Waals surface area contributed by atoms with Crippen LogP contribution in [-0.2, 0) is 5.41 Å². The maximum Gasteiger partial charge on any atom is 0.150 e. The lowest BCUT2D eigenvalue weighted by Gasteiger charge is -2.32. The van der Waals surface area contributed by atoms with Crippen molar-refractivity contribution in [1.82, 2.24) is 0 Å². The smallest absolute Gasteiger partial charge is 0.150 e. The lowest BCUT2D eigenvalue weighted by Crippen LogP contribution is -2.23. The summed E-state index contributed by atoms with van der Waals surface area (Å²) in [6.07, 6.45) is 1.90. The molecule has 0 aromatic heterocycles. The van der Waals surface area contributed by atoms with E-state index in [1.807, 2.05) is 24.3 Å². The average Bonchev–Trinajstić information content (AvgIpc) is 2.54. The summed E-state index contributed by atoms with van der Waals surface area (Å²) in [6, 6.07) is 14.2. The lowest BCUT2D eigenvalue weighted by atomic mass is 9.72. The fourth-order valence-electron chi connectivity index (χ4n) is 3.01. The van der Waals surface area contributed by atoms with Crippen LogP contribution in [0.3, 0.4) is 0 Å². The highest BCUT2D eigenvalue weighted by Crippen LogP contribution is 2.39. The van der Waals surface area contributed by atoms with Crippen molar-refractivity contribution in [3.8, 4) is 11.1 Å². The van der Waals surface area contributed by atoms with Crippen molar-refractivity contribution in [2.45, 2.75) is 39.5 Å². The van der Waals surface area contributed by atoms with Crippen LogP contribution in [0.2, 0.25) is 0 Å². The van der Waals surface area contributed by atoms with Crippen molar-refractivity contribution < 1.29 is 4.79 Å². The van der Waals surface area contributed by atoms with Crippen LogP contribution in [0.5, 0.6) is 0 Å². The molecule has 2 aromatic rings. The first kappa shape index (κ1) is 16.2. The molecule has 0 saturated carbocycles. The van der Waals surface area contributed by atoms with Crippen LogP contribution in [0.25, 0.3) is 11.1 Å². The fraction of sp³-hybridized carbons (Fsp3) is 0.286. The van der Waals surface area contributed by atoms with Gasteiger partial charge in [0.1, 0.15) is 6.29 Å². The highest BCUT2D eigenvalue weighted by molar-refractivity contribution is 5.77. The predicted octanol–water partition coefficient (Wildman–Crippen LogP) is 5.72. The minimum Gasteiger partial charge on any atom is -0.298 e. The third-order valence-electron chi connectivity index (χ3n) is 4.94. The molecule has 1 heteroatoms. The molecule has 1 nitrogen and oxygen atoms in total. The SMILES string of the molecule is C=C(C)C(C)(CC)c1cccc(-c2ccc(C=O)cc2)c1C. The number of carbonyl (C=O) groups is 1. The van der Waals surface area contributed by atoms with E-state index in [2.05, 4.69) is 52.5 Å². The second kappa shape index (κ2) is 6.31. The van der Waals surface area contributed by atoms with E-state index in [-0.39, 0.29) is 5.41 Å². The normalized spacial score (nSPS) is 13.5. The molecule has 0 amide bonds. The van der Waals surface area contributed by atoms with E-state index in [9.17, 15) is 4.79 Å². The van der Waals surface area contributed by atoms with Crippen molar-refractivity contribution in [1.29, 1.82) is 0 Å². The van der Waals surface area contributed by atoms with E-state index in [0.717, 1.165) is 18.3 Å². The standard InChI is InChI=1S/C21H24O/c1-6-21(5,15(2)3)20-9-7-8-19(16(20)4)18-12-10-17(14-22)11-13-18/h7-14H,2,6H2,1,3-5H3. The van der Waals surface area contributed by atoms with Crippen molar-refractivity contribution in [2.75, 3.05) is 0 Å². The van der Waals surface area contributed by atoms with Gasteiger partial charge in [-0.15, -0.1) is 0 Å². The van der Waals surface area contributed by atoms with Gasteiger partial charge in [0.05, 0.1) is 0 Å². The van der Waals surface area contributed by atoms with Gasteiger partial charge in [0.25, 0.3) is 0 Å². The van der Waals surface area contributed by atoms with Gasteiger partial charge >= 0.3 is 0 Å². The lowest BCUT2D eigenvalue weighted by molar-refractivity contribution is 0.112. The summed E-state index contributed by atoms with van der Waals surface area (Å²) in [5.74, 6) is 0. The first-order chi connectivity index (χ1) is 10.4. The Balaban J connectivity index is 2.58. The molecule has 0 N–H and O–H groups in total. The summed E-state index contributed by atoms with van der Waals surface area (Å²) >= 11 is 0. The molecule has 0 aliphatic heterocycles. The summed E-state index contributed by atoms with van der Waals surface area (Å²) in [4.78, 5) is 10.8. The first-order valence-corrected chi connectivity index (χ1v) is 7.75. The van der Waals surface area contributed by atoms with Gasteiger partial charge in [0, 0.05) is 11.0 Å². The van der Waals surface area contributed by atoms with Crippen molar-refractivity contribution >= 4 is 6.29 Å². The zero-order valence-corrected chi connectivity index (χ0v) is 13.9. The van der Waals surface area contributed by atoms with E-state index in [0.29, 0.717) is 5.56 Å². The molecule has 0 bridgehead atoms. The molecule has 22 heavy (non-hydrogen) atoms. The molecule has 0 radical (unpaired) electrons. The molecular formula is C21H24O. The number of carbonyl (C=O) groups excluding carboxylic acids is 1. The van der Waals surface area contributed by atoms with Crippen LogP contribution in [0, 0.1) is 6.92 Å². The van der Waals surface area contributed by atoms with Crippen LogP contribution >= 0.6 is 0 Å². The van der Waals surface area contributed by atoms with Crippen LogP contribution < -0.4 is 0 Å². The molecule has 1 unspecified atom stereocenters. The highest BCUT2D eigenvalue weighted by atomic mass is 16.1. The Hall–Kier alpha value is -2.15. The van der Waals surface area contributed by atoms with Crippen LogP contribution in [0.4, 0.5) is 0 Å². The van der Waals surface area contributed by atoms with Gasteiger partial charge in [-0.05, 0) is 42.5 Å². The van der Waals surface area contributed by atoms with Crippen LogP contribution in [0.15, 0.2) is 54.6 Å². The van der Waals surface area contributed by atoms with Gasteiger partial charge in [-0.25, -0.2) is 0 Å². The van der Waals surface area contributed by atoms with Gasteiger partial charge in [0.2, 0.25) is 0 Å². The summed E-state index contributed by atoms with van der Waals surface area (Å²) in [5.41, 5.74) is 6.86. The Bertz CT molecular complexity index is 694. The minimum absolute atomic E-state index is 0.0111. The average molecular weight is 292 g/mol. The second-order valence-electron chi connectivity index (χ2n) is 6.18. The van der Waals surface area contributed by atoms with E-state index < -0.39 is 0 Å². The monoisotopic (exact) mass is 292 g/mol. The molecule has 0 fully saturated rings. The highest BCUT2D eigenvalue weighted by Gasteiger charge is 2.27. The number of benzene rings is 2. The summed E-state index contributed by atoms with van der Waals surface area (Å²) in [7, 11) is 0. The molecule has 0 aliphatic carbocycles. The second-order valence-corrected chi connectivity index (χ2v) is 6.18. The molecule has 2 aromatic carbocycles. The maximum absolute atomic E-state index is 10.8. The number of aldehydes is 1. The van der Waals surface area contributed by atoms with Crippen molar-refractivity contribution in [3.05, 3.63) is 71.3 Å². The van der Waals surface area contributed by atoms with Gasteiger partial charge in [-0.1, -0.05) is 68.5 Å². The number of hydrogen-bond acceptors (Lipinski definition) is 1. The summed E-state index contributed by atoms with van der Waals surface area (Å²) in [6.45, 7) is 13.0. The Morgan fingerprint density at radius 1 is 1.18 bits per heavy atom. The topological polar surface area (TPSA) is 17.1 Å². The summed E-state index contributed by atoms with van der Waals surface area (Å²) < 4.78 is 0. The molecule has 1 atom stereocenters. The Kier molecular flexibility index (Phi) is 4.65. The van der Waals surface area contributed by atoms with Crippen molar-refractivity contribution in [3.63, 3.8) is 0 Å². The third-order valence-corrected chi connectivity index (χ3v) is 4.94. The zero-order valence-electron chi connectivity index (χ0n) is 13.9.